The van der Waals surface area contributed by atoms with Gasteiger partial charge in [0.2, 0.25) is 0 Å². The molecule has 8 nitrogen and oxygen atoms in total. The lowest BCUT2D eigenvalue weighted by Gasteiger charge is -2.37. The highest BCUT2D eigenvalue weighted by Gasteiger charge is 2.41. The van der Waals surface area contributed by atoms with Gasteiger partial charge >= 0.3 is 0 Å². The van der Waals surface area contributed by atoms with E-state index in [2.05, 4.69) is 14.9 Å². The Morgan fingerprint density at radius 3 is 2.79 bits per heavy atom. The van der Waals surface area contributed by atoms with E-state index < -0.39 is 5.60 Å². The molecule has 2 aromatic rings. The minimum Gasteiger partial charge on any atom is -0.486 e. The number of carbonyl (C=O) groups excluding carboxylic acids is 1. The molecule has 1 unspecified atom stereocenters. The van der Waals surface area contributed by atoms with Crippen LogP contribution in [-0.2, 0) is 11.3 Å². The maximum Gasteiger partial charge on any atom is 0.290 e. The van der Waals surface area contributed by atoms with Gasteiger partial charge in [-0.2, -0.15) is 0 Å². The number of Topliss-reactive ketones (excluding diaryl/α,β-unsaturated/α-hetero) is 1. The molecule has 1 fully saturated rings. The first-order valence-corrected chi connectivity index (χ1v) is 9.63. The number of likely N-dealkylation sites (tertiary alicyclic amines) is 1. The number of ketones is 1. The van der Waals surface area contributed by atoms with Crippen LogP contribution < -0.4 is 10.3 Å². The Hall–Kier alpha value is -3.00. The van der Waals surface area contributed by atoms with E-state index in [9.17, 15) is 9.59 Å². The summed E-state index contributed by atoms with van der Waals surface area (Å²) in [6.07, 6.45) is 3.07. The van der Waals surface area contributed by atoms with Crippen molar-refractivity contribution in [1.29, 1.82) is 0 Å². The van der Waals surface area contributed by atoms with Crippen LogP contribution in [0.1, 0.15) is 47.6 Å². The topological polar surface area (TPSA) is 113 Å². The van der Waals surface area contributed by atoms with Gasteiger partial charge in [0.25, 0.3) is 12.0 Å². The number of carbonyl (C=O) groups is 2. The fourth-order valence-corrected chi connectivity index (χ4v) is 4.06. The summed E-state index contributed by atoms with van der Waals surface area (Å²) in [7, 11) is 0. The summed E-state index contributed by atoms with van der Waals surface area (Å²) in [5.74, 6) is 1.52. The molecule has 1 spiro atoms. The third-order valence-electron chi connectivity index (χ3n) is 5.29. The van der Waals surface area contributed by atoms with Crippen LogP contribution in [0.15, 0.2) is 35.1 Å². The average molecular weight is 399 g/mol. The molecule has 0 saturated carbocycles. The van der Waals surface area contributed by atoms with E-state index in [0.29, 0.717) is 30.1 Å². The Morgan fingerprint density at radius 1 is 1.28 bits per heavy atom. The van der Waals surface area contributed by atoms with Gasteiger partial charge in [-0.1, -0.05) is 12.1 Å². The molecule has 2 N–H and O–H groups in total. The van der Waals surface area contributed by atoms with Crippen LogP contribution in [0.4, 0.5) is 0 Å². The monoisotopic (exact) mass is 399 g/mol. The van der Waals surface area contributed by atoms with Gasteiger partial charge in [0.05, 0.1) is 17.7 Å². The van der Waals surface area contributed by atoms with Crippen molar-refractivity contribution in [3.63, 3.8) is 0 Å². The summed E-state index contributed by atoms with van der Waals surface area (Å²) in [6.45, 7) is 3.92. The van der Waals surface area contributed by atoms with E-state index in [0.717, 1.165) is 38.0 Å². The maximum absolute atomic E-state index is 12.6. The lowest BCUT2D eigenvalue weighted by molar-refractivity contribution is -0.122. The third kappa shape index (κ3) is 5.08. The van der Waals surface area contributed by atoms with Crippen molar-refractivity contribution in [2.45, 2.75) is 44.8 Å². The average Bonchev–Trinajstić information content (AvgIpc) is 2.84. The van der Waals surface area contributed by atoms with Crippen LogP contribution in [-0.4, -0.2) is 50.9 Å². The molecule has 2 aliphatic heterocycles. The zero-order valence-corrected chi connectivity index (χ0v) is 16.4. The molecular weight excluding hydrogens is 374 g/mol. The summed E-state index contributed by atoms with van der Waals surface area (Å²) in [5, 5.41) is 6.89. The van der Waals surface area contributed by atoms with Gasteiger partial charge in [0.15, 0.2) is 5.78 Å². The van der Waals surface area contributed by atoms with E-state index in [1.807, 2.05) is 24.3 Å². The lowest BCUT2D eigenvalue weighted by Crippen LogP contribution is -2.42. The summed E-state index contributed by atoms with van der Waals surface area (Å²) in [4.78, 5) is 42.0. The fourth-order valence-electron chi connectivity index (χ4n) is 4.06. The van der Waals surface area contributed by atoms with Gasteiger partial charge in [0.1, 0.15) is 17.2 Å². The smallest absolute Gasteiger partial charge is 0.290 e. The van der Waals surface area contributed by atoms with E-state index in [-0.39, 0.29) is 17.8 Å². The fraction of sp³-hybridized carbons (Fsp3) is 0.429. The molecule has 8 heteroatoms. The molecule has 4 rings (SSSR count). The molecule has 3 heterocycles. The number of para-hydroxylation sites is 1. The summed E-state index contributed by atoms with van der Waals surface area (Å²) < 4.78 is 6.33. The zero-order valence-electron chi connectivity index (χ0n) is 16.4. The summed E-state index contributed by atoms with van der Waals surface area (Å²) in [6, 6.07) is 9.08. The summed E-state index contributed by atoms with van der Waals surface area (Å²) >= 11 is 0. The normalized spacial score (nSPS) is 21.3. The highest BCUT2D eigenvalue weighted by Crippen LogP contribution is 2.39. The molecule has 0 aliphatic carbocycles. The van der Waals surface area contributed by atoms with Gasteiger partial charge in [-0.05, 0) is 38.4 Å². The molecular formula is C21H25N3O5. The number of benzene rings is 1. The Bertz CT molecular complexity index is 942. The van der Waals surface area contributed by atoms with Crippen LogP contribution in [0.25, 0.3) is 0 Å². The van der Waals surface area contributed by atoms with Crippen LogP contribution in [0, 0.1) is 6.92 Å². The Balaban J connectivity index is 0.000000755. The van der Waals surface area contributed by atoms with Gasteiger partial charge < -0.3 is 14.8 Å². The second-order valence-corrected chi connectivity index (χ2v) is 7.44. The van der Waals surface area contributed by atoms with Crippen LogP contribution in [0.2, 0.25) is 0 Å². The van der Waals surface area contributed by atoms with Crippen molar-refractivity contribution in [1.82, 2.24) is 14.9 Å². The van der Waals surface area contributed by atoms with Crippen molar-refractivity contribution in [2.75, 3.05) is 13.1 Å². The van der Waals surface area contributed by atoms with Gasteiger partial charge in [-0.25, -0.2) is 4.98 Å². The van der Waals surface area contributed by atoms with E-state index >= 15 is 0 Å². The molecule has 1 atom stereocenters. The molecule has 0 radical (unpaired) electrons. The van der Waals surface area contributed by atoms with E-state index in [1.165, 1.54) is 0 Å². The number of rotatable bonds is 2. The van der Waals surface area contributed by atoms with Crippen molar-refractivity contribution in [2.24, 2.45) is 0 Å². The number of fused-ring (bicyclic) bond motifs is 1. The molecule has 1 saturated heterocycles. The minimum absolute atomic E-state index is 0.114. The van der Waals surface area contributed by atoms with Crippen molar-refractivity contribution >= 4 is 12.3 Å². The molecule has 0 amide bonds. The number of aromatic amines is 1. The van der Waals surface area contributed by atoms with Gasteiger partial charge in [-0.15, -0.1) is 0 Å². The lowest BCUT2D eigenvalue weighted by atomic mass is 9.84. The zero-order chi connectivity index (χ0) is 20.9. The largest absolute Gasteiger partial charge is 0.486 e. The van der Waals surface area contributed by atoms with E-state index in [1.54, 1.807) is 13.0 Å². The summed E-state index contributed by atoms with van der Waals surface area (Å²) in [5.41, 5.74) is 0.963. The quantitative estimate of drug-likeness (QED) is 0.744. The minimum atomic E-state index is -0.405. The Labute approximate surface area is 168 Å². The number of hydrogen-bond acceptors (Lipinski definition) is 6. The number of hydrogen-bond donors (Lipinski definition) is 2. The molecule has 29 heavy (non-hydrogen) atoms. The van der Waals surface area contributed by atoms with Crippen LogP contribution in [0.5, 0.6) is 5.75 Å². The second kappa shape index (κ2) is 9.00. The van der Waals surface area contributed by atoms with E-state index in [4.69, 9.17) is 14.6 Å². The Morgan fingerprint density at radius 2 is 2.03 bits per heavy atom. The molecule has 154 valence electrons. The highest BCUT2D eigenvalue weighted by atomic mass is 16.5. The number of aryl methyl sites for hydroxylation is 1. The number of nitrogens with one attached hydrogen (secondary N) is 1. The van der Waals surface area contributed by atoms with Gasteiger partial charge in [0, 0.05) is 25.6 Å². The number of H-pyrrole nitrogens is 1. The van der Waals surface area contributed by atoms with Gasteiger partial charge in [-0.3, -0.25) is 19.3 Å². The van der Waals surface area contributed by atoms with Crippen LogP contribution >= 0.6 is 0 Å². The first-order chi connectivity index (χ1) is 13.9. The first kappa shape index (κ1) is 20.7. The van der Waals surface area contributed by atoms with Crippen molar-refractivity contribution < 1.29 is 19.4 Å². The number of aromatic nitrogens is 2. The number of ether oxygens (including phenoxy) is 1. The molecule has 2 aliphatic rings. The predicted octanol–water partition coefficient (Wildman–Crippen LogP) is 2.17. The SMILES string of the molecule is Cc1nc(CN2CCCC3(CC2)CC(=O)c2ccccc2O3)cc(=O)[nH]1.O=CO. The second-order valence-electron chi connectivity index (χ2n) is 7.44. The van der Waals surface area contributed by atoms with Crippen molar-refractivity contribution in [3.8, 4) is 5.75 Å². The predicted molar refractivity (Wildman–Crippen MR) is 106 cm³/mol. The Kier molecular flexibility index (Phi) is 6.43. The van der Waals surface area contributed by atoms with Crippen LogP contribution in [0.3, 0.4) is 0 Å². The maximum atomic E-state index is 12.6. The first-order valence-electron chi connectivity index (χ1n) is 9.63. The highest BCUT2D eigenvalue weighted by molar-refractivity contribution is 6.00. The third-order valence-corrected chi connectivity index (χ3v) is 5.29. The molecule has 1 aromatic heterocycles. The standard InChI is InChI=1S/C20H23N3O3.CH2O2/c1-14-21-15(11-19(25)22-14)13-23-9-4-7-20(8-10-23)12-17(24)16-5-2-3-6-18(16)26-20;2-1-3/h2-3,5-6,11H,4,7-10,12-13H2,1H3,(H,21,22,25);1H,(H,2,3). The number of nitrogens with zero attached hydrogens (tertiary/aromatic N) is 2. The molecule has 1 aromatic carbocycles. The van der Waals surface area contributed by atoms with Crippen molar-refractivity contribution in [3.05, 3.63) is 57.8 Å². The number of carboxylic acid groups (broad SMARTS) is 1. The molecule has 0 bridgehead atoms.